The lowest BCUT2D eigenvalue weighted by molar-refractivity contribution is -0.175. The van der Waals surface area contributed by atoms with Gasteiger partial charge in [-0.05, 0) is 56.4 Å². The van der Waals surface area contributed by atoms with Gasteiger partial charge in [0.1, 0.15) is 18.1 Å². The number of halogens is 3. The molecule has 0 saturated carbocycles. The third-order valence-electron chi connectivity index (χ3n) is 6.67. The average molecular weight is 585 g/mol. The van der Waals surface area contributed by atoms with Crippen LogP contribution in [0.3, 0.4) is 0 Å². The van der Waals surface area contributed by atoms with E-state index < -0.39 is 71.6 Å². The minimum absolute atomic E-state index is 0.102. The second kappa shape index (κ2) is 14.1. The highest BCUT2D eigenvalue weighted by Crippen LogP contribution is 2.23. The summed E-state index contributed by atoms with van der Waals surface area (Å²) in [4.78, 5) is 75.2. The number of carboxylic acids is 1. The van der Waals surface area contributed by atoms with Gasteiger partial charge >= 0.3 is 12.1 Å². The first-order valence-electron chi connectivity index (χ1n) is 13.2. The molecule has 1 saturated heterocycles. The van der Waals surface area contributed by atoms with E-state index in [1.54, 1.807) is 6.92 Å². The van der Waals surface area contributed by atoms with Crippen molar-refractivity contribution in [3.63, 3.8) is 0 Å². The number of rotatable bonds is 12. The number of carbonyl (C=O) groups is 6. The Hall–Kier alpha value is -3.97. The summed E-state index contributed by atoms with van der Waals surface area (Å²) in [7, 11) is 0. The van der Waals surface area contributed by atoms with Crippen LogP contribution in [0.4, 0.5) is 13.2 Å². The topological polar surface area (TPSA) is 162 Å². The Labute approximate surface area is 235 Å². The third kappa shape index (κ3) is 8.76. The maximum Gasteiger partial charge on any atom is 0.452 e. The molecule has 0 spiro atoms. The second-order valence-corrected chi connectivity index (χ2v) is 10.2. The first-order valence-corrected chi connectivity index (χ1v) is 13.2. The van der Waals surface area contributed by atoms with E-state index in [0.717, 1.165) is 0 Å². The Balaban J connectivity index is 2.04. The zero-order valence-electron chi connectivity index (χ0n) is 23.2. The number of hydrogen-bond acceptors (Lipinski definition) is 6. The monoisotopic (exact) mass is 584 g/mol. The number of amides is 4. The number of likely N-dealkylation sites (tertiary alicyclic amines) is 1. The van der Waals surface area contributed by atoms with Crippen molar-refractivity contribution in [3.8, 4) is 0 Å². The lowest BCUT2D eigenvalue weighted by Gasteiger charge is -2.29. The fourth-order valence-corrected chi connectivity index (χ4v) is 4.41. The van der Waals surface area contributed by atoms with Gasteiger partial charge in [0.05, 0.1) is 6.04 Å². The van der Waals surface area contributed by atoms with Crippen molar-refractivity contribution in [2.24, 2.45) is 5.92 Å². The van der Waals surface area contributed by atoms with Crippen LogP contribution in [-0.4, -0.2) is 82.3 Å². The van der Waals surface area contributed by atoms with Gasteiger partial charge in [-0.2, -0.15) is 13.2 Å². The van der Waals surface area contributed by atoms with Crippen LogP contribution in [0, 0.1) is 5.92 Å². The first kappa shape index (κ1) is 33.2. The van der Waals surface area contributed by atoms with Crippen LogP contribution in [0.5, 0.6) is 0 Å². The highest BCUT2D eigenvalue weighted by molar-refractivity contribution is 6.01. The van der Waals surface area contributed by atoms with E-state index >= 15 is 0 Å². The number of alkyl halides is 3. The Bertz CT molecular complexity index is 1150. The molecule has 4 atom stereocenters. The van der Waals surface area contributed by atoms with Crippen LogP contribution in [0.2, 0.25) is 0 Å². The van der Waals surface area contributed by atoms with Crippen LogP contribution in [0.1, 0.15) is 74.1 Å². The zero-order chi connectivity index (χ0) is 31.1. The molecule has 1 aromatic carbocycles. The van der Waals surface area contributed by atoms with E-state index in [4.69, 9.17) is 0 Å². The molecule has 2 rings (SSSR count). The number of carboxylic acid groups (broad SMARTS) is 1. The molecule has 1 heterocycles. The Morgan fingerprint density at radius 1 is 0.951 bits per heavy atom. The summed E-state index contributed by atoms with van der Waals surface area (Å²) in [5, 5.41) is 16.3. The average Bonchev–Trinajstić information content (AvgIpc) is 3.39. The number of nitrogens with zero attached hydrogens (tertiary/aromatic N) is 1. The van der Waals surface area contributed by atoms with E-state index in [9.17, 15) is 47.0 Å². The van der Waals surface area contributed by atoms with Crippen molar-refractivity contribution >= 4 is 35.4 Å². The number of aliphatic carboxylic acids is 1. The van der Waals surface area contributed by atoms with E-state index in [2.05, 4.69) is 16.0 Å². The molecule has 0 aromatic heterocycles. The normalized spacial score (nSPS) is 17.4. The number of ketones is 1. The van der Waals surface area contributed by atoms with E-state index in [-0.39, 0.29) is 30.5 Å². The number of nitrogens with one attached hydrogen (secondary N) is 3. The zero-order valence-corrected chi connectivity index (χ0v) is 23.2. The predicted octanol–water partition coefficient (Wildman–Crippen LogP) is 2.05. The van der Waals surface area contributed by atoms with Crippen LogP contribution >= 0.6 is 0 Å². The summed E-state index contributed by atoms with van der Waals surface area (Å²) in [5.41, 5.74) is 0.230. The predicted molar refractivity (Wildman–Crippen MR) is 140 cm³/mol. The molecule has 1 fully saturated rings. The second-order valence-electron chi connectivity index (χ2n) is 10.2. The molecule has 1 aliphatic heterocycles. The minimum atomic E-state index is -5.13. The van der Waals surface area contributed by atoms with Gasteiger partial charge in [-0.25, -0.2) is 4.79 Å². The molecule has 2 unspecified atom stereocenters. The highest BCUT2D eigenvalue weighted by Gasteiger charge is 2.46. The Morgan fingerprint density at radius 3 is 1.95 bits per heavy atom. The van der Waals surface area contributed by atoms with Crippen LogP contribution in [0.15, 0.2) is 24.3 Å². The van der Waals surface area contributed by atoms with E-state index in [1.807, 2.05) is 0 Å². The maximum absolute atomic E-state index is 13.1. The van der Waals surface area contributed by atoms with Gasteiger partial charge in [-0.1, -0.05) is 27.2 Å². The van der Waals surface area contributed by atoms with Gasteiger partial charge in [0.25, 0.3) is 17.6 Å². The first-order chi connectivity index (χ1) is 19.1. The smallest absolute Gasteiger partial charge is 0.452 e. The molecular formula is C27H35F3N4O7. The highest BCUT2D eigenvalue weighted by atomic mass is 19.4. The molecule has 1 aliphatic rings. The van der Waals surface area contributed by atoms with Gasteiger partial charge in [-0.15, -0.1) is 0 Å². The summed E-state index contributed by atoms with van der Waals surface area (Å²) in [5.74, 6) is -6.90. The molecule has 14 heteroatoms. The van der Waals surface area contributed by atoms with Crippen LogP contribution in [-0.2, 0) is 19.2 Å². The summed E-state index contributed by atoms with van der Waals surface area (Å²) < 4.78 is 38.9. The van der Waals surface area contributed by atoms with E-state index in [1.165, 1.54) is 49.9 Å². The number of benzene rings is 1. The van der Waals surface area contributed by atoms with Crippen molar-refractivity contribution in [1.29, 1.82) is 0 Å². The van der Waals surface area contributed by atoms with Crippen molar-refractivity contribution in [2.45, 2.75) is 83.7 Å². The number of carbonyl (C=O) groups excluding carboxylic acids is 5. The van der Waals surface area contributed by atoms with Gasteiger partial charge in [0.2, 0.25) is 11.8 Å². The molecular weight excluding hydrogens is 549 g/mol. The van der Waals surface area contributed by atoms with Crippen molar-refractivity contribution in [3.05, 3.63) is 35.4 Å². The molecule has 0 aliphatic carbocycles. The number of hydrogen-bond donors (Lipinski definition) is 4. The molecule has 0 radical (unpaired) electrons. The summed E-state index contributed by atoms with van der Waals surface area (Å²) in [6.45, 7) is 6.03. The van der Waals surface area contributed by atoms with E-state index in [0.29, 0.717) is 12.8 Å². The van der Waals surface area contributed by atoms with Gasteiger partial charge in [0, 0.05) is 17.7 Å². The van der Waals surface area contributed by atoms with Gasteiger partial charge in [-0.3, -0.25) is 24.0 Å². The standard InChI is InChI=1S/C27H35F3N4O7/c1-5-7-18(26(40)41)32-23(37)17-11-9-16(10-12-17)22(36)31-15(4)25(39)34-13-6-8-19(34)24(38)33-20(14(2)3)21(35)27(28,29)30/h9-12,14-15,18-20H,5-8,13H2,1-4H3,(H,31,36)(H,32,37)(H,33,38)(H,40,41)/t15-,18?,19-,20?/m0/s1. The molecule has 4 N–H and O–H groups in total. The number of Topliss-reactive ketones (excluding diaryl/α,β-unsaturated/α-hetero) is 1. The summed E-state index contributed by atoms with van der Waals surface area (Å²) >= 11 is 0. The fourth-order valence-electron chi connectivity index (χ4n) is 4.41. The van der Waals surface area contributed by atoms with Crippen molar-refractivity contribution in [1.82, 2.24) is 20.9 Å². The summed E-state index contributed by atoms with van der Waals surface area (Å²) in [6, 6.07) is 0.237. The SMILES string of the molecule is CCCC(NC(=O)c1ccc(C(=O)N[C@@H](C)C(=O)N2CCC[C@H]2C(=O)NC(C(=O)C(F)(F)F)C(C)C)cc1)C(=O)O. The van der Waals surface area contributed by atoms with Crippen LogP contribution < -0.4 is 16.0 Å². The Morgan fingerprint density at radius 2 is 1.49 bits per heavy atom. The molecule has 41 heavy (non-hydrogen) atoms. The Kier molecular flexibility index (Phi) is 11.4. The van der Waals surface area contributed by atoms with Gasteiger partial charge < -0.3 is 26.0 Å². The largest absolute Gasteiger partial charge is 0.480 e. The molecule has 1 aromatic rings. The quantitative estimate of drug-likeness (QED) is 0.292. The maximum atomic E-state index is 13.1. The lowest BCUT2D eigenvalue weighted by atomic mass is 9.98. The minimum Gasteiger partial charge on any atom is -0.480 e. The molecule has 11 nitrogen and oxygen atoms in total. The summed E-state index contributed by atoms with van der Waals surface area (Å²) in [6.07, 6.45) is -3.77. The lowest BCUT2D eigenvalue weighted by Crippen LogP contribution is -2.56. The third-order valence-corrected chi connectivity index (χ3v) is 6.67. The molecule has 226 valence electrons. The van der Waals surface area contributed by atoms with Crippen LogP contribution in [0.25, 0.3) is 0 Å². The van der Waals surface area contributed by atoms with Gasteiger partial charge in [0.15, 0.2) is 0 Å². The molecule has 4 amide bonds. The van der Waals surface area contributed by atoms with Crippen molar-refractivity contribution in [2.75, 3.05) is 6.54 Å². The molecule has 0 bridgehead atoms. The van der Waals surface area contributed by atoms with Crippen molar-refractivity contribution < 1.29 is 47.0 Å². The fraction of sp³-hybridized carbons (Fsp3) is 0.556.